The van der Waals surface area contributed by atoms with Crippen molar-refractivity contribution >= 4 is 17.8 Å². The van der Waals surface area contributed by atoms with Gasteiger partial charge in [0.2, 0.25) is 0 Å². The summed E-state index contributed by atoms with van der Waals surface area (Å²) in [6.07, 6.45) is 0.743. The minimum atomic E-state index is -0.851. The molecule has 1 atom stereocenters. The summed E-state index contributed by atoms with van der Waals surface area (Å²) in [6, 6.07) is 12.8. The zero-order chi connectivity index (χ0) is 21.9. The number of nitrogens with one attached hydrogen (secondary N) is 2. The fourth-order valence-corrected chi connectivity index (χ4v) is 2.89. The van der Waals surface area contributed by atoms with Crippen LogP contribution in [0.1, 0.15) is 33.6 Å². The Kier molecular flexibility index (Phi) is 8.68. The third kappa shape index (κ3) is 5.97. The lowest BCUT2D eigenvalue weighted by molar-refractivity contribution is -0.143. The first-order valence-corrected chi connectivity index (χ1v) is 9.44. The van der Waals surface area contributed by atoms with E-state index in [9.17, 15) is 14.4 Å². The number of carbonyl (C=O) groups excluding carboxylic acids is 3. The minimum absolute atomic E-state index is 0.278. The van der Waals surface area contributed by atoms with E-state index in [2.05, 4.69) is 10.6 Å². The normalized spacial score (nSPS) is 11.2. The maximum Gasteiger partial charge on any atom is 0.328 e. The van der Waals surface area contributed by atoms with Crippen molar-refractivity contribution in [3.05, 3.63) is 59.7 Å². The molecule has 0 bridgehead atoms. The first kappa shape index (κ1) is 22.7. The highest BCUT2D eigenvalue weighted by atomic mass is 16.5. The Balaban J connectivity index is 1.93. The van der Waals surface area contributed by atoms with Crippen molar-refractivity contribution in [2.45, 2.75) is 18.9 Å². The van der Waals surface area contributed by atoms with Crippen molar-refractivity contribution in [3.63, 3.8) is 0 Å². The minimum Gasteiger partial charge on any atom is -0.496 e. The van der Waals surface area contributed by atoms with Crippen LogP contribution in [0.25, 0.3) is 0 Å². The van der Waals surface area contributed by atoms with Gasteiger partial charge in [0, 0.05) is 6.54 Å². The highest BCUT2D eigenvalue weighted by Crippen LogP contribution is 2.18. The standard InChI is InChI=1S/C22H26N2O6/c1-28-18-12-6-4-9-15(18)20(25)23-14-8-11-17(22(27)30-3)24-21(26)16-10-5-7-13-19(16)29-2/h4-7,9-10,12-13,17H,8,11,14H2,1-3H3,(H,23,25)(H,24,26). The Morgan fingerprint density at radius 3 is 1.90 bits per heavy atom. The van der Waals surface area contributed by atoms with E-state index in [1.807, 2.05) is 0 Å². The highest BCUT2D eigenvalue weighted by Gasteiger charge is 2.23. The van der Waals surface area contributed by atoms with Crippen LogP contribution in [0.15, 0.2) is 48.5 Å². The van der Waals surface area contributed by atoms with Crippen LogP contribution in [-0.4, -0.2) is 51.7 Å². The van der Waals surface area contributed by atoms with E-state index in [0.29, 0.717) is 42.0 Å². The SMILES string of the molecule is COC(=O)C(CCCNC(=O)c1ccccc1OC)NC(=O)c1ccccc1OC. The fourth-order valence-electron chi connectivity index (χ4n) is 2.89. The van der Waals surface area contributed by atoms with Gasteiger partial charge < -0.3 is 24.8 Å². The fraction of sp³-hybridized carbons (Fsp3) is 0.318. The van der Waals surface area contributed by atoms with Gasteiger partial charge in [0.25, 0.3) is 11.8 Å². The second-order valence-corrected chi connectivity index (χ2v) is 6.35. The topological polar surface area (TPSA) is 103 Å². The van der Waals surface area contributed by atoms with Crippen LogP contribution in [0.5, 0.6) is 11.5 Å². The lowest BCUT2D eigenvalue weighted by atomic mass is 10.1. The number of rotatable bonds is 10. The lowest BCUT2D eigenvalue weighted by Crippen LogP contribution is -2.42. The Hall–Kier alpha value is -3.55. The number of esters is 1. The molecule has 0 heterocycles. The summed E-state index contributed by atoms with van der Waals surface area (Å²) in [5.74, 6) is -0.399. The third-order valence-corrected chi connectivity index (χ3v) is 4.45. The van der Waals surface area contributed by atoms with Crippen LogP contribution in [0.3, 0.4) is 0 Å². The van der Waals surface area contributed by atoms with Gasteiger partial charge in [-0.2, -0.15) is 0 Å². The van der Waals surface area contributed by atoms with Gasteiger partial charge in [-0.05, 0) is 37.1 Å². The molecule has 0 aliphatic carbocycles. The quantitative estimate of drug-likeness (QED) is 0.456. The number of methoxy groups -OCH3 is 3. The number of benzene rings is 2. The van der Waals surface area contributed by atoms with Crippen molar-refractivity contribution < 1.29 is 28.6 Å². The average molecular weight is 414 g/mol. The monoisotopic (exact) mass is 414 g/mol. The second-order valence-electron chi connectivity index (χ2n) is 6.35. The van der Waals surface area contributed by atoms with Crippen LogP contribution in [0, 0.1) is 0 Å². The Labute approximate surface area is 175 Å². The van der Waals surface area contributed by atoms with E-state index in [1.54, 1.807) is 48.5 Å². The molecule has 0 radical (unpaired) electrons. The van der Waals surface area contributed by atoms with Gasteiger partial charge in [0.1, 0.15) is 17.5 Å². The number of amides is 2. The largest absolute Gasteiger partial charge is 0.496 e. The molecule has 0 saturated heterocycles. The smallest absolute Gasteiger partial charge is 0.328 e. The molecule has 0 aliphatic heterocycles. The molecule has 2 N–H and O–H groups in total. The highest BCUT2D eigenvalue weighted by molar-refractivity contribution is 5.99. The summed E-state index contributed by atoms with van der Waals surface area (Å²) in [5, 5.41) is 5.46. The lowest BCUT2D eigenvalue weighted by Gasteiger charge is -2.17. The van der Waals surface area contributed by atoms with Gasteiger partial charge in [0.15, 0.2) is 0 Å². The molecule has 2 amide bonds. The van der Waals surface area contributed by atoms with Crippen molar-refractivity contribution in [2.75, 3.05) is 27.9 Å². The van der Waals surface area contributed by atoms with E-state index < -0.39 is 17.9 Å². The number of hydrogen-bond donors (Lipinski definition) is 2. The first-order chi connectivity index (χ1) is 14.5. The number of hydrogen-bond acceptors (Lipinski definition) is 6. The van der Waals surface area contributed by atoms with Crippen LogP contribution in [0.4, 0.5) is 0 Å². The Bertz CT molecular complexity index is 883. The van der Waals surface area contributed by atoms with Crippen LogP contribution in [-0.2, 0) is 9.53 Å². The van der Waals surface area contributed by atoms with Crippen molar-refractivity contribution in [1.82, 2.24) is 10.6 Å². The maximum absolute atomic E-state index is 12.6. The molecule has 0 fully saturated rings. The summed E-state index contributed by atoms with van der Waals surface area (Å²) in [4.78, 5) is 37.0. The maximum atomic E-state index is 12.6. The Morgan fingerprint density at radius 2 is 1.37 bits per heavy atom. The zero-order valence-electron chi connectivity index (χ0n) is 17.3. The van der Waals surface area contributed by atoms with Gasteiger partial charge in [-0.25, -0.2) is 4.79 Å². The van der Waals surface area contributed by atoms with E-state index in [1.165, 1.54) is 21.3 Å². The van der Waals surface area contributed by atoms with Gasteiger partial charge in [-0.3, -0.25) is 9.59 Å². The van der Waals surface area contributed by atoms with E-state index >= 15 is 0 Å². The molecule has 1 unspecified atom stereocenters. The Morgan fingerprint density at radius 1 is 0.833 bits per heavy atom. The second kappa shape index (κ2) is 11.5. The molecule has 8 nitrogen and oxygen atoms in total. The van der Waals surface area contributed by atoms with Gasteiger partial charge in [-0.1, -0.05) is 24.3 Å². The van der Waals surface area contributed by atoms with Gasteiger partial charge >= 0.3 is 5.97 Å². The summed E-state index contributed by atoms with van der Waals surface area (Å²) >= 11 is 0. The molecular formula is C22H26N2O6. The molecule has 30 heavy (non-hydrogen) atoms. The van der Waals surface area contributed by atoms with Crippen molar-refractivity contribution in [2.24, 2.45) is 0 Å². The average Bonchev–Trinajstić information content (AvgIpc) is 2.79. The summed E-state index contributed by atoms with van der Waals surface area (Å²) in [6.45, 7) is 0.314. The molecule has 8 heteroatoms. The summed E-state index contributed by atoms with van der Waals surface area (Å²) < 4.78 is 15.2. The summed E-state index contributed by atoms with van der Waals surface area (Å²) in [7, 11) is 4.22. The van der Waals surface area contributed by atoms with Crippen molar-refractivity contribution in [1.29, 1.82) is 0 Å². The molecule has 0 aliphatic rings. The molecule has 2 aromatic carbocycles. The van der Waals surface area contributed by atoms with E-state index in [0.717, 1.165) is 0 Å². The number of carbonyl (C=O) groups is 3. The molecule has 0 saturated carbocycles. The third-order valence-electron chi connectivity index (χ3n) is 4.45. The van der Waals surface area contributed by atoms with E-state index in [-0.39, 0.29) is 5.91 Å². The van der Waals surface area contributed by atoms with Gasteiger partial charge in [0.05, 0.1) is 32.5 Å². The zero-order valence-corrected chi connectivity index (χ0v) is 17.3. The molecule has 0 spiro atoms. The predicted octanol–water partition coefficient (Wildman–Crippen LogP) is 2.19. The molecular weight excluding hydrogens is 388 g/mol. The molecule has 2 rings (SSSR count). The van der Waals surface area contributed by atoms with Gasteiger partial charge in [-0.15, -0.1) is 0 Å². The van der Waals surface area contributed by atoms with Crippen LogP contribution in [0.2, 0.25) is 0 Å². The van der Waals surface area contributed by atoms with Crippen molar-refractivity contribution in [3.8, 4) is 11.5 Å². The summed E-state index contributed by atoms with van der Waals surface area (Å²) in [5.41, 5.74) is 0.743. The number of para-hydroxylation sites is 2. The number of ether oxygens (including phenoxy) is 3. The van der Waals surface area contributed by atoms with Crippen LogP contribution >= 0.6 is 0 Å². The first-order valence-electron chi connectivity index (χ1n) is 9.44. The molecule has 0 aromatic heterocycles. The molecule has 160 valence electrons. The van der Waals surface area contributed by atoms with Crippen LogP contribution < -0.4 is 20.1 Å². The predicted molar refractivity (Wildman–Crippen MR) is 111 cm³/mol. The van der Waals surface area contributed by atoms with E-state index in [4.69, 9.17) is 14.2 Å². The molecule has 2 aromatic rings.